The normalized spacial score (nSPS) is 16.8. The zero-order chi connectivity index (χ0) is 26.3. The van der Waals surface area contributed by atoms with Gasteiger partial charge in [-0.3, -0.25) is 14.6 Å². The van der Waals surface area contributed by atoms with Gasteiger partial charge >= 0.3 is 0 Å². The third kappa shape index (κ3) is 3.24. The average Bonchev–Trinajstić information content (AvgIpc) is 3.56. The van der Waals surface area contributed by atoms with Crippen LogP contribution in [0.25, 0.3) is 44.2 Å². The number of amides is 1. The number of aryl methyl sites for hydroxylation is 2. The molecule has 8 heteroatoms. The van der Waals surface area contributed by atoms with Gasteiger partial charge in [-0.2, -0.15) is 10.2 Å². The van der Waals surface area contributed by atoms with Gasteiger partial charge in [-0.05, 0) is 62.6 Å². The van der Waals surface area contributed by atoms with Gasteiger partial charge in [0.1, 0.15) is 5.69 Å². The fourth-order valence-electron chi connectivity index (χ4n) is 6.67. The van der Waals surface area contributed by atoms with Crippen molar-refractivity contribution in [1.82, 2.24) is 29.4 Å². The van der Waals surface area contributed by atoms with E-state index in [1.165, 1.54) is 17.0 Å². The molecular weight excluding hydrogens is 496 g/mol. The molecule has 0 unspecified atom stereocenters. The van der Waals surface area contributed by atoms with E-state index in [1.54, 1.807) is 0 Å². The monoisotopic (exact) mass is 524 g/mol. The molecule has 0 atom stereocenters. The van der Waals surface area contributed by atoms with Crippen LogP contribution in [0.15, 0.2) is 55.4 Å². The van der Waals surface area contributed by atoms with Gasteiger partial charge in [-0.1, -0.05) is 24.2 Å². The number of nitrogens with zero attached hydrogens (tertiary/aromatic N) is 5. The number of aromatic amines is 1. The van der Waals surface area contributed by atoms with Crippen LogP contribution in [0, 0.1) is 19.3 Å². The number of hydrogen-bond acceptors (Lipinski definition) is 3. The molecule has 1 spiro atoms. The second kappa shape index (κ2) is 8.08. The Morgan fingerprint density at radius 3 is 2.74 bits per heavy atom. The molecule has 5 aromatic rings. The summed E-state index contributed by atoms with van der Waals surface area (Å²) in [6.07, 6.45) is 7.36. The molecule has 7 rings (SSSR count). The van der Waals surface area contributed by atoms with Crippen LogP contribution in [0.5, 0.6) is 0 Å². The van der Waals surface area contributed by atoms with Crippen molar-refractivity contribution in [3.05, 3.63) is 71.7 Å². The summed E-state index contributed by atoms with van der Waals surface area (Å²) in [5.74, 6) is 0.0217. The Kier molecular flexibility index (Phi) is 4.95. The summed E-state index contributed by atoms with van der Waals surface area (Å²) < 4.78 is 4.33. The zero-order valence-corrected chi connectivity index (χ0v) is 22.5. The summed E-state index contributed by atoms with van der Waals surface area (Å²) in [7, 11) is 2.06. The van der Waals surface area contributed by atoms with E-state index in [0.29, 0.717) is 0 Å². The first kappa shape index (κ1) is 23.3. The lowest BCUT2D eigenvalue weighted by molar-refractivity contribution is -0.149. The fraction of sp³-hybridized carbons (Fsp3) is 0.300. The summed E-state index contributed by atoms with van der Waals surface area (Å²) >= 11 is 7.04. The minimum absolute atomic E-state index is 0.0217. The molecule has 192 valence electrons. The van der Waals surface area contributed by atoms with Crippen molar-refractivity contribution in [2.75, 3.05) is 13.1 Å². The molecule has 1 aliphatic heterocycles. The number of carbonyl (C=O) groups is 1. The molecule has 1 saturated heterocycles. The van der Waals surface area contributed by atoms with Crippen LogP contribution < -0.4 is 0 Å². The van der Waals surface area contributed by atoms with E-state index in [9.17, 15) is 4.79 Å². The van der Waals surface area contributed by atoms with E-state index in [4.69, 9.17) is 16.7 Å². The Labute approximate surface area is 225 Å². The maximum Gasteiger partial charge on any atom is 0.245 e. The van der Waals surface area contributed by atoms with Gasteiger partial charge in [-0.15, -0.1) is 0 Å². The Hall–Kier alpha value is -3.84. The van der Waals surface area contributed by atoms with Gasteiger partial charge in [0.05, 0.1) is 22.8 Å². The zero-order valence-electron chi connectivity index (χ0n) is 21.8. The minimum Gasteiger partial charge on any atom is -0.351 e. The first-order valence-electron chi connectivity index (χ1n) is 13.0. The number of aromatic nitrogens is 5. The standard InChI is InChI=1S/C30H29ClN6O/c1-5-25(38)36-15-30(16-36)12-21(13-30)37-18(3)26(27-22-14-32-33-23(22)10-17(2)28(27)31)29(34-37)20-6-7-24-19(11-20)8-9-35(24)4/h5-11,14,21H,1,12-13,15-16H2,2-4H3,(H,32,33). The number of carbonyl (C=O) groups excluding carboxylic acids is 1. The van der Waals surface area contributed by atoms with Crippen molar-refractivity contribution < 1.29 is 4.79 Å². The van der Waals surface area contributed by atoms with Gasteiger partial charge in [0, 0.05) is 70.4 Å². The van der Waals surface area contributed by atoms with Gasteiger partial charge in [-0.25, -0.2) is 0 Å². The first-order valence-corrected chi connectivity index (χ1v) is 13.3. The topological polar surface area (TPSA) is 71.7 Å². The number of H-pyrrole nitrogens is 1. The summed E-state index contributed by atoms with van der Waals surface area (Å²) in [5, 5.41) is 15.6. The number of halogens is 1. The van der Waals surface area contributed by atoms with Crippen molar-refractivity contribution in [3.8, 4) is 22.4 Å². The second-order valence-electron chi connectivity index (χ2n) is 11.1. The highest BCUT2D eigenvalue weighted by molar-refractivity contribution is 6.36. The number of hydrogen-bond donors (Lipinski definition) is 1. The highest BCUT2D eigenvalue weighted by Gasteiger charge is 2.54. The third-order valence-corrected chi connectivity index (χ3v) is 9.13. The van der Waals surface area contributed by atoms with Crippen LogP contribution in [-0.2, 0) is 11.8 Å². The average molecular weight is 525 g/mol. The van der Waals surface area contributed by atoms with E-state index in [-0.39, 0.29) is 17.4 Å². The second-order valence-corrected chi connectivity index (χ2v) is 11.5. The molecule has 1 aliphatic carbocycles. The van der Waals surface area contributed by atoms with Crippen molar-refractivity contribution >= 4 is 39.3 Å². The lowest BCUT2D eigenvalue weighted by Crippen LogP contribution is -2.63. The molecule has 0 bridgehead atoms. The molecule has 1 saturated carbocycles. The molecule has 1 amide bonds. The molecule has 4 heterocycles. The smallest absolute Gasteiger partial charge is 0.245 e. The molecule has 7 nitrogen and oxygen atoms in total. The highest BCUT2D eigenvalue weighted by atomic mass is 35.5. The largest absolute Gasteiger partial charge is 0.351 e. The Bertz CT molecular complexity index is 1780. The molecule has 1 N–H and O–H groups in total. The van der Waals surface area contributed by atoms with E-state index in [1.807, 2.05) is 24.1 Å². The lowest BCUT2D eigenvalue weighted by Gasteiger charge is -2.58. The predicted molar refractivity (Wildman–Crippen MR) is 151 cm³/mol. The molecular formula is C30H29ClN6O. The van der Waals surface area contributed by atoms with E-state index < -0.39 is 0 Å². The van der Waals surface area contributed by atoms with Crippen LogP contribution >= 0.6 is 11.6 Å². The predicted octanol–water partition coefficient (Wildman–Crippen LogP) is 6.20. The van der Waals surface area contributed by atoms with Crippen LogP contribution in [0.1, 0.15) is 30.1 Å². The number of likely N-dealkylation sites (tertiary alicyclic amines) is 1. The van der Waals surface area contributed by atoms with Gasteiger partial charge < -0.3 is 9.47 Å². The summed E-state index contributed by atoms with van der Waals surface area (Å²) in [6.45, 7) is 9.42. The van der Waals surface area contributed by atoms with Crippen LogP contribution in [0.3, 0.4) is 0 Å². The summed E-state index contributed by atoms with van der Waals surface area (Å²) in [6, 6.07) is 11.0. The Balaban J connectivity index is 1.36. The van der Waals surface area contributed by atoms with Crippen molar-refractivity contribution in [2.45, 2.75) is 32.7 Å². The highest BCUT2D eigenvalue weighted by Crippen LogP contribution is 2.55. The number of fused-ring (bicyclic) bond motifs is 2. The summed E-state index contributed by atoms with van der Waals surface area (Å²) in [4.78, 5) is 13.9. The van der Waals surface area contributed by atoms with Crippen LogP contribution in [0.4, 0.5) is 0 Å². The minimum atomic E-state index is 0.0217. The van der Waals surface area contributed by atoms with Crippen LogP contribution in [-0.4, -0.2) is 48.4 Å². The first-order chi connectivity index (χ1) is 18.3. The number of rotatable bonds is 4. The van der Waals surface area contributed by atoms with Crippen molar-refractivity contribution in [3.63, 3.8) is 0 Å². The van der Waals surface area contributed by atoms with Crippen molar-refractivity contribution in [1.29, 1.82) is 0 Å². The molecule has 3 aromatic heterocycles. The number of nitrogens with one attached hydrogen (secondary N) is 1. The Morgan fingerprint density at radius 2 is 1.97 bits per heavy atom. The molecule has 0 radical (unpaired) electrons. The van der Waals surface area contributed by atoms with Crippen molar-refractivity contribution in [2.24, 2.45) is 12.5 Å². The van der Waals surface area contributed by atoms with E-state index >= 15 is 0 Å². The number of benzene rings is 2. The van der Waals surface area contributed by atoms with Gasteiger partial charge in [0.15, 0.2) is 0 Å². The quantitative estimate of drug-likeness (QED) is 0.284. The maximum atomic E-state index is 12.0. The maximum absolute atomic E-state index is 12.0. The molecule has 2 aromatic carbocycles. The van der Waals surface area contributed by atoms with Crippen LogP contribution in [0.2, 0.25) is 5.02 Å². The molecule has 38 heavy (non-hydrogen) atoms. The van der Waals surface area contributed by atoms with E-state index in [2.05, 4.69) is 70.5 Å². The van der Waals surface area contributed by atoms with Gasteiger partial charge in [0.2, 0.25) is 5.91 Å². The SMILES string of the molecule is C=CC(=O)N1CC2(CC(n3nc(-c4ccc5c(ccn5C)c4)c(-c4c(Cl)c(C)cc5[nH]ncc45)c3C)C2)C1. The lowest BCUT2D eigenvalue weighted by atomic mass is 9.60. The third-order valence-electron chi connectivity index (χ3n) is 8.65. The molecule has 2 fully saturated rings. The molecule has 2 aliphatic rings. The van der Waals surface area contributed by atoms with Gasteiger partial charge in [0.25, 0.3) is 0 Å². The Morgan fingerprint density at radius 1 is 1.18 bits per heavy atom. The summed E-state index contributed by atoms with van der Waals surface area (Å²) in [5.41, 5.74) is 8.46. The van der Waals surface area contributed by atoms with E-state index in [0.717, 1.165) is 75.5 Å². The fourth-order valence-corrected chi connectivity index (χ4v) is 6.92.